The molecule has 103 heavy (non-hydrogen) atoms. The number of hydrogen-bond acceptors (Lipinski definition) is 13. The lowest BCUT2D eigenvalue weighted by Crippen LogP contribution is -2.65. The summed E-state index contributed by atoms with van der Waals surface area (Å²) in [6.07, 6.45) is 88.6. The van der Waals surface area contributed by atoms with E-state index in [1.54, 1.807) is 6.08 Å². The minimum absolute atomic E-state index is 0.248. The smallest absolute Gasteiger partial charge is 0.220 e. The van der Waals surface area contributed by atoms with Crippen molar-refractivity contribution in [2.24, 2.45) is 0 Å². The van der Waals surface area contributed by atoms with Crippen LogP contribution in [0, 0.1) is 0 Å². The van der Waals surface area contributed by atoms with Crippen molar-refractivity contribution >= 4 is 5.91 Å². The minimum Gasteiger partial charge on any atom is -0.394 e. The van der Waals surface area contributed by atoms with Crippen molar-refractivity contribution in [1.29, 1.82) is 0 Å². The van der Waals surface area contributed by atoms with Crippen LogP contribution in [0.5, 0.6) is 0 Å². The van der Waals surface area contributed by atoms with Crippen LogP contribution in [0.15, 0.2) is 122 Å². The Labute approximate surface area is 628 Å². The first-order chi connectivity index (χ1) is 50.6. The van der Waals surface area contributed by atoms with Crippen LogP contribution < -0.4 is 5.32 Å². The zero-order valence-electron chi connectivity index (χ0n) is 65.3. The van der Waals surface area contributed by atoms with Crippen LogP contribution in [0.25, 0.3) is 0 Å². The molecule has 2 heterocycles. The monoisotopic (exact) mass is 1450 g/mol. The Balaban J connectivity index is 1.60. The van der Waals surface area contributed by atoms with Gasteiger partial charge in [-0.25, -0.2) is 0 Å². The third-order valence-corrected chi connectivity index (χ3v) is 19.9. The fourth-order valence-electron chi connectivity index (χ4n) is 13.3. The second-order valence-corrected chi connectivity index (χ2v) is 29.2. The van der Waals surface area contributed by atoms with Gasteiger partial charge in [-0.3, -0.25) is 4.79 Å². The largest absolute Gasteiger partial charge is 0.394 e. The summed E-state index contributed by atoms with van der Waals surface area (Å²) in [6.45, 7) is 2.71. The Hall–Kier alpha value is -3.61. The van der Waals surface area contributed by atoms with E-state index in [-0.39, 0.29) is 18.9 Å². The van der Waals surface area contributed by atoms with Gasteiger partial charge in [0.1, 0.15) is 48.8 Å². The fourth-order valence-corrected chi connectivity index (χ4v) is 13.3. The maximum Gasteiger partial charge on any atom is 0.220 e. The molecule has 14 nitrogen and oxygen atoms in total. The standard InChI is InChI=1S/C89H155NO13/c1-3-5-7-9-11-13-15-17-19-21-23-25-27-29-31-33-34-35-36-37-38-39-40-41-42-43-44-45-47-49-51-53-55-57-59-61-63-65-67-69-71-73-81(94)90-77(76-100-88-86(99)84(97)87(80(75-92)102-88)103-89-85(98)83(96)82(95)79(74-91)101-89)78(93)72-70-68-66-64-62-60-58-56-54-52-50-48-46-32-30-28-26-24-22-20-18-16-14-12-10-8-6-4-2/h5,7,11,13,17,19,23,25,29,31,34-35,37-38,40-41,62,64,70,72,77-80,82-89,91-93,95-99H,3-4,6,8-10,12,14-16,18,20-22,24,26-28,30,32-33,36,39,42-61,63,65-69,71,73-76H2,1-2H3,(H,90,94)/b7-5-,13-11-,19-17-,25-23-,31-29-,35-34-,38-37-,41-40-,64-62+,72-70+. The summed E-state index contributed by atoms with van der Waals surface area (Å²) in [5.41, 5.74) is 0. The molecule has 0 radical (unpaired) electrons. The number of nitrogens with one attached hydrogen (secondary N) is 1. The third kappa shape index (κ3) is 53.8. The predicted octanol–water partition coefficient (Wildman–Crippen LogP) is 20.0. The van der Waals surface area contributed by atoms with Crippen LogP contribution in [0.4, 0.5) is 0 Å². The van der Waals surface area contributed by atoms with Gasteiger partial charge in [-0.15, -0.1) is 0 Å². The highest BCUT2D eigenvalue weighted by Gasteiger charge is 2.51. The Bertz CT molecular complexity index is 2200. The van der Waals surface area contributed by atoms with E-state index < -0.39 is 86.8 Å². The van der Waals surface area contributed by atoms with Gasteiger partial charge in [0.25, 0.3) is 0 Å². The molecule has 14 heteroatoms. The molecule has 12 atom stereocenters. The molecule has 9 N–H and O–H groups in total. The van der Waals surface area contributed by atoms with Crippen LogP contribution in [0.1, 0.15) is 341 Å². The average molecular weight is 1450 g/mol. The predicted molar refractivity (Wildman–Crippen MR) is 429 cm³/mol. The van der Waals surface area contributed by atoms with Gasteiger partial charge in [0.05, 0.1) is 32.0 Å². The van der Waals surface area contributed by atoms with E-state index in [9.17, 15) is 45.6 Å². The zero-order chi connectivity index (χ0) is 74.4. The summed E-state index contributed by atoms with van der Waals surface area (Å²) in [4.78, 5) is 13.4. The van der Waals surface area contributed by atoms with Gasteiger partial charge in [0.15, 0.2) is 12.6 Å². The molecular weight excluding hydrogens is 1290 g/mol. The number of amides is 1. The molecule has 594 valence electrons. The lowest BCUT2D eigenvalue weighted by atomic mass is 9.97. The second-order valence-electron chi connectivity index (χ2n) is 29.2. The van der Waals surface area contributed by atoms with Gasteiger partial charge in [-0.2, -0.15) is 0 Å². The van der Waals surface area contributed by atoms with Gasteiger partial charge in [0, 0.05) is 6.42 Å². The summed E-state index contributed by atoms with van der Waals surface area (Å²) in [5.74, 6) is -0.248. The molecule has 0 aromatic rings. The van der Waals surface area contributed by atoms with E-state index in [1.807, 2.05) is 6.08 Å². The van der Waals surface area contributed by atoms with E-state index in [1.165, 1.54) is 225 Å². The summed E-state index contributed by atoms with van der Waals surface area (Å²) in [5, 5.41) is 87.7. The Morgan fingerprint density at radius 1 is 0.359 bits per heavy atom. The van der Waals surface area contributed by atoms with E-state index in [2.05, 4.69) is 129 Å². The molecule has 2 aliphatic rings. The normalized spacial score (nSPS) is 22.2. The highest BCUT2D eigenvalue weighted by Crippen LogP contribution is 2.30. The van der Waals surface area contributed by atoms with Crippen molar-refractivity contribution in [3.63, 3.8) is 0 Å². The van der Waals surface area contributed by atoms with Crippen LogP contribution in [-0.4, -0.2) is 140 Å². The molecule has 0 aromatic heterocycles. The number of allylic oxidation sites excluding steroid dienone is 19. The molecular formula is C89H155NO13. The molecule has 2 aliphatic heterocycles. The Morgan fingerprint density at radius 3 is 1.07 bits per heavy atom. The number of carbonyl (C=O) groups is 1. The number of unbranched alkanes of at least 4 members (excludes halogenated alkanes) is 39. The number of ether oxygens (including phenoxy) is 4. The molecule has 0 aliphatic carbocycles. The van der Waals surface area contributed by atoms with E-state index in [0.717, 1.165) is 83.5 Å². The van der Waals surface area contributed by atoms with E-state index in [0.29, 0.717) is 12.8 Å². The van der Waals surface area contributed by atoms with Crippen molar-refractivity contribution in [2.75, 3.05) is 19.8 Å². The second kappa shape index (κ2) is 71.3. The number of hydrogen-bond donors (Lipinski definition) is 9. The topological polar surface area (TPSA) is 228 Å². The van der Waals surface area contributed by atoms with Crippen molar-refractivity contribution in [3.8, 4) is 0 Å². The van der Waals surface area contributed by atoms with Gasteiger partial charge < -0.3 is 65.1 Å². The Kier molecular flexibility index (Phi) is 66.1. The summed E-state index contributed by atoms with van der Waals surface area (Å²) >= 11 is 0. The molecule has 2 rings (SSSR count). The molecule has 0 aromatic carbocycles. The number of carbonyl (C=O) groups excluding carboxylic acids is 1. The highest BCUT2D eigenvalue weighted by molar-refractivity contribution is 5.76. The third-order valence-electron chi connectivity index (χ3n) is 19.9. The summed E-state index contributed by atoms with van der Waals surface area (Å²) in [7, 11) is 0. The first-order valence-electron chi connectivity index (χ1n) is 42.3. The van der Waals surface area contributed by atoms with Crippen molar-refractivity contribution in [2.45, 2.75) is 415 Å². The molecule has 12 unspecified atom stereocenters. The lowest BCUT2D eigenvalue weighted by Gasteiger charge is -2.46. The zero-order valence-corrected chi connectivity index (χ0v) is 65.3. The van der Waals surface area contributed by atoms with Gasteiger partial charge >= 0.3 is 0 Å². The first kappa shape index (κ1) is 95.5. The average Bonchev–Trinajstić information content (AvgIpc) is 0.791. The quantitative estimate of drug-likeness (QED) is 0.0204. The molecule has 2 fully saturated rings. The number of aliphatic hydroxyl groups excluding tert-OH is 8. The molecule has 1 amide bonds. The minimum atomic E-state index is -1.80. The maximum atomic E-state index is 13.4. The van der Waals surface area contributed by atoms with Gasteiger partial charge in [-0.1, -0.05) is 360 Å². The summed E-state index contributed by atoms with van der Waals surface area (Å²) < 4.78 is 22.9. The number of rotatable bonds is 70. The van der Waals surface area contributed by atoms with Gasteiger partial charge in [-0.05, 0) is 96.3 Å². The molecule has 0 spiro atoms. The van der Waals surface area contributed by atoms with Crippen LogP contribution >= 0.6 is 0 Å². The molecule has 0 saturated carbocycles. The highest BCUT2D eigenvalue weighted by atomic mass is 16.7. The van der Waals surface area contributed by atoms with E-state index in [4.69, 9.17) is 18.9 Å². The Morgan fingerprint density at radius 2 is 0.680 bits per heavy atom. The van der Waals surface area contributed by atoms with Gasteiger partial charge in [0.2, 0.25) is 5.91 Å². The van der Waals surface area contributed by atoms with Crippen molar-refractivity contribution in [3.05, 3.63) is 122 Å². The first-order valence-corrected chi connectivity index (χ1v) is 42.3. The summed E-state index contributed by atoms with van der Waals surface area (Å²) in [6, 6.07) is -0.940. The van der Waals surface area contributed by atoms with Crippen molar-refractivity contribution in [1.82, 2.24) is 5.32 Å². The molecule has 0 bridgehead atoms. The fraction of sp³-hybridized carbons (Fsp3) is 0.764. The lowest BCUT2D eigenvalue weighted by molar-refractivity contribution is -0.359. The molecule has 2 saturated heterocycles. The van der Waals surface area contributed by atoms with Crippen LogP contribution in [0.2, 0.25) is 0 Å². The van der Waals surface area contributed by atoms with Crippen LogP contribution in [0.3, 0.4) is 0 Å². The van der Waals surface area contributed by atoms with Crippen LogP contribution in [-0.2, 0) is 23.7 Å². The maximum absolute atomic E-state index is 13.4. The van der Waals surface area contributed by atoms with Crippen molar-refractivity contribution < 1.29 is 64.6 Å². The SMILES string of the molecule is CC/C=C\C/C=C\C/C=C\C/C=C\C/C=C\C/C=C\C/C=C\C/C=C\CCCCCCCCCCCCCCCCCCC(=O)NC(COC1OC(CO)C(OC2OC(CO)C(O)C(O)C2O)C(O)C1O)C(O)/C=C/CC/C=C/CCCCCCCCCCCCCCCCCCCCCCCC. The number of aliphatic hydroxyl groups is 8. The van der Waals surface area contributed by atoms with E-state index >= 15 is 0 Å².